The van der Waals surface area contributed by atoms with Crippen LogP contribution in [0.3, 0.4) is 0 Å². The average molecular weight is 443 g/mol. The molecule has 146 valence electrons. The largest absolute Gasteiger partial charge is 1.00 e. The van der Waals surface area contributed by atoms with Gasteiger partial charge in [0.15, 0.2) is 11.5 Å². The molecular weight excluding hydrogens is 428 g/mol. The number of nitrogens with one attached hydrogen (secondary N) is 1. The summed E-state index contributed by atoms with van der Waals surface area (Å²) in [4.78, 5) is 16.3. The van der Waals surface area contributed by atoms with Crippen LogP contribution in [-0.4, -0.2) is 29.6 Å². The van der Waals surface area contributed by atoms with Gasteiger partial charge in [0, 0.05) is 18.0 Å². The van der Waals surface area contributed by atoms with E-state index in [1.54, 1.807) is 0 Å². The molecule has 2 N–H and O–H groups in total. The van der Waals surface area contributed by atoms with Crippen molar-refractivity contribution in [2.75, 3.05) is 11.9 Å². The zero-order valence-corrected chi connectivity index (χ0v) is 18.3. The first kappa shape index (κ1) is 24.9. The van der Waals surface area contributed by atoms with E-state index in [1.807, 2.05) is 0 Å². The molecule has 0 bridgehead atoms. The molecule has 1 aromatic carbocycles. The Morgan fingerprint density at radius 3 is 2.43 bits per heavy atom. The zero-order chi connectivity index (χ0) is 18.7. The Morgan fingerprint density at radius 2 is 1.86 bits per heavy atom. The Balaban J connectivity index is 0.00000196. The van der Waals surface area contributed by atoms with Crippen LogP contribution < -0.4 is 44.3 Å². The fourth-order valence-corrected chi connectivity index (χ4v) is 2.62. The molecule has 6 nitrogen and oxygen atoms in total. The molecular formula is C17H15Cl2F2N2NaO4. The van der Waals surface area contributed by atoms with Crippen LogP contribution in [0.15, 0.2) is 30.6 Å². The van der Waals surface area contributed by atoms with Crippen molar-refractivity contribution in [3.05, 3.63) is 46.2 Å². The van der Waals surface area contributed by atoms with Gasteiger partial charge in [0.2, 0.25) is 0 Å². The zero-order valence-electron chi connectivity index (χ0n) is 14.8. The molecule has 28 heavy (non-hydrogen) atoms. The van der Waals surface area contributed by atoms with Crippen molar-refractivity contribution in [1.82, 2.24) is 4.98 Å². The van der Waals surface area contributed by atoms with Crippen molar-refractivity contribution in [3.8, 4) is 11.5 Å². The molecule has 1 amide bonds. The van der Waals surface area contributed by atoms with Gasteiger partial charge in [-0.25, -0.2) is 0 Å². The van der Waals surface area contributed by atoms with Crippen LogP contribution in [-0.2, 0) is 0 Å². The summed E-state index contributed by atoms with van der Waals surface area (Å²) in [5.74, 6) is -0.171. The number of hydrogen-bond acceptors (Lipinski definition) is 5. The SMILES string of the molecule is O=C(Nc1c(Cl)cncc1Cl)c1ccc(OC(F)F)c(OCC2CC2)c1.[Na+].[OH-]. The van der Waals surface area contributed by atoms with E-state index in [2.05, 4.69) is 15.0 Å². The number of rotatable bonds is 7. The second kappa shape index (κ2) is 11.1. The van der Waals surface area contributed by atoms with E-state index < -0.39 is 12.5 Å². The maximum Gasteiger partial charge on any atom is 1.00 e. The number of hydrogen-bond donors (Lipinski definition) is 1. The summed E-state index contributed by atoms with van der Waals surface area (Å²) in [6.07, 6.45) is 4.74. The summed E-state index contributed by atoms with van der Waals surface area (Å²) in [5, 5.41) is 2.92. The predicted octanol–water partition coefficient (Wildman–Crippen LogP) is 1.86. The summed E-state index contributed by atoms with van der Waals surface area (Å²) in [6, 6.07) is 3.96. The third-order valence-electron chi connectivity index (χ3n) is 3.69. The van der Waals surface area contributed by atoms with Gasteiger partial charge in [-0.2, -0.15) is 8.78 Å². The molecule has 2 aromatic rings. The summed E-state index contributed by atoms with van der Waals surface area (Å²) in [7, 11) is 0. The van der Waals surface area contributed by atoms with Crippen LogP contribution in [0, 0.1) is 5.92 Å². The van der Waals surface area contributed by atoms with Crippen molar-refractivity contribution in [2.24, 2.45) is 5.92 Å². The standard InChI is InChI=1S/C17H14Cl2F2N2O3.Na.H2O/c18-11-6-22-7-12(19)15(11)23-16(24)10-3-4-13(26-17(20)21)14(5-10)25-8-9-1-2-9;;/h3-7,9,17H,1-2,8H2,(H,22,23,24);;1H2/q;+1;/p-1. The van der Waals surface area contributed by atoms with E-state index in [4.69, 9.17) is 27.9 Å². The number of halogens is 4. The Bertz CT molecular complexity index is 805. The molecule has 0 atom stereocenters. The third kappa shape index (κ3) is 6.72. The topological polar surface area (TPSA) is 90.5 Å². The number of carbonyl (C=O) groups excluding carboxylic acids is 1. The number of amides is 1. The van der Waals surface area contributed by atoms with Crippen molar-refractivity contribution >= 4 is 34.8 Å². The summed E-state index contributed by atoms with van der Waals surface area (Å²) in [5.41, 5.74) is 0.392. The Labute approximate surface area is 192 Å². The molecule has 1 saturated carbocycles. The molecule has 0 unspecified atom stereocenters. The van der Waals surface area contributed by atoms with Gasteiger partial charge in [-0.15, -0.1) is 0 Å². The van der Waals surface area contributed by atoms with E-state index in [9.17, 15) is 13.6 Å². The minimum Gasteiger partial charge on any atom is -0.870 e. The number of nitrogens with zero attached hydrogens (tertiary/aromatic N) is 1. The van der Waals surface area contributed by atoms with E-state index in [-0.39, 0.29) is 67.8 Å². The first-order chi connectivity index (χ1) is 12.4. The molecule has 11 heteroatoms. The van der Waals surface area contributed by atoms with E-state index in [0.717, 1.165) is 12.8 Å². The van der Waals surface area contributed by atoms with Crippen molar-refractivity contribution in [3.63, 3.8) is 0 Å². The number of ether oxygens (including phenoxy) is 2. The van der Waals surface area contributed by atoms with Crippen LogP contribution in [0.4, 0.5) is 14.5 Å². The van der Waals surface area contributed by atoms with Crippen LogP contribution in [0.25, 0.3) is 0 Å². The van der Waals surface area contributed by atoms with E-state index in [1.165, 1.54) is 30.6 Å². The predicted molar refractivity (Wildman–Crippen MR) is 95.4 cm³/mol. The normalized spacial score (nSPS) is 12.6. The molecule has 0 radical (unpaired) electrons. The van der Waals surface area contributed by atoms with Crippen molar-refractivity contribution in [2.45, 2.75) is 19.5 Å². The third-order valence-corrected chi connectivity index (χ3v) is 4.26. The summed E-state index contributed by atoms with van der Waals surface area (Å²) in [6.45, 7) is -2.61. The molecule has 0 saturated heterocycles. The Morgan fingerprint density at radius 1 is 1.21 bits per heavy atom. The van der Waals surface area contributed by atoms with Crippen molar-refractivity contribution < 1.29 is 58.1 Å². The van der Waals surface area contributed by atoms with Crippen LogP contribution in [0.1, 0.15) is 23.2 Å². The number of alkyl halides is 2. The smallest absolute Gasteiger partial charge is 0.870 e. The van der Waals surface area contributed by atoms with Gasteiger partial charge in [0.25, 0.3) is 5.91 Å². The first-order valence-electron chi connectivity index (χ1n) is 7.76. The molecule has 0 spiro atoms. The number of benzene rings is 1. The second-order valence-corrected chi connectivity index (χ2v) is 6.54. The molecule has 1 aliphatic carbocycles. The summed E-state index contributed by atoms with van der Waals surface area (Å²) < 4.78 is 35.1. The Hall–Kier alpha value is -1.16. The van der Waals surface area contributed by atoms with E-state index in [0.29, 0.717) is 12.5 Å². The molecule has 3 rings (SSSR count). The van der Waals surface area contributed by atoms with Crippen LogP contribution in [0.2, 0.25) is 10.0 Å². The van der Waals surface area contributed by atoms with Gasteiger partial charge in [0.1, 0.15) is 0 Å². The first-order valence-corrected chi connectivity index (χ1v) is 8.51. The molecule has 1 aromatic heterocycles. The fourth-order valence-electron chi connectivity index (χ4n) is 2.16. The van der Waals surface area contributed by atoms with Gasteiger partial charge in [-0.1, -0.05) is 23.2 Å². The maximum absolute atomic E-state index is 12.6. The number of carbonyl (C=O) groups is 1. The van der Waals surface area contributed by atoms with E-state index >= 15 is 0 Å². The van der Waals surface area contributed by atoms with Gasteiger partial charge < -0.3 is 20.3 Å². The Kier molecular flexibility index (Phi) is 9.89. The van der Waals surface area contributed by atoms with Gasteiger partial charge >= 0.3 is 36.2 Å². The average Bonchev–Trinajstić information content (AvgIpc) is 3.41. The minimum absolute atomic E-state index is 0. The molecule has 1 aliphatic rings. The number of aromatic nitrogens is 1. The monoisotopic (exact) mass is 442 g/mol. The molecule has 1 heterocycles. The van der Waals surface area contributed by atoms with Crippen LogP contribution in [0.5, 0.6) is 11.5 Å². The number of pyridine rings is 1. The fraction of sp³-hybridized carbons (Fsp3) is 0.294. The van der Waals surface area contributed by atoms with Gasteiger partial charge in [0.05, 0.1) is 22.3 Å². The number of anilines is 1. The van der Waals surface area contributed by atoms with Gasteiger partial charge in [-0.05, 0) is 37.0 Å². The second-order valence-electron chi connectivity index (χ2n) is 5.73. The molecule has 1 fully saturated rings. The molecule has 0 aliphatic heterocycles. The minimum atomic E-state index is -2.99. The van der Waals surface area contributed by atoms with Crippen LogP contribution >= 0.6 is 23.2 Å². The van der Waals surface area contributed by atoms with Gasteiger partial charge in [-0.3, -0.25) is 9.78 Å². The maximum atomic E-state index is 12.6. The van der Waals surface area contributed by atoms with Crippen molar-refractivity contribution in [1.29, 1.82) is 0 Å². The quantitative estimate of drug-likeness (QED) is 0.660. The summed E-state index contributed by atoms with van der Waals surface area (Å²) >= 11 is 12.0.